The van der Waals surface area contributed by atoms with Gasteiger partial charge in [-0.1, -0.05) is 49.6 Å². The molecule has 1 aliphatic heterocycles. The van der Waals surface area contributed by atoms with Crippen LogP contribution >= 0.6 is 23.4 Å². The third-order valence-electron chi connectivity index (χ3n) is 5.86. The van der Waals surface area contributed by atoms with E-state index in [-0.39, 0.29) is 22.7 Å². The van der Waals surface area contributed by atoms with E-state index >= 15 is 0 Å². The molecule has 1 amide bonds. The molecule has 2 aromatic rings. The molecule has 1 N–H and O–H groups in total. The van der Waals surface area contributed by atoms with E-state index in [9.17, 15) is 9.90 Å². The van der Waals surface area contributed by atoms with Gasteiger partial charge in [-0.3, -0.25) is 9.69 Å². The maximum atomic E-state index is 13.6. The summed E-state index contributed by atoms with van der Waals surface area (Å²) in [5.41, 5.74) is 1.52. The zero-order chi connectivity index (χ0) is 22.7. The predicted octanol–water partition coefficient (Wildman–Crippen LogP) is 6.63. The van der Waals surface area contributed by atoms with Gasteiger partial charge in [0.1, 0.15) is 0 Å². The standard InChI is InChI=1S/C25H27ClN2O3S/c1-3-31-21-14-17(13-19(26)23(21)29)15-22-24(30)28(20-12-8-7-9-16(20)2)25(32-22)27-18-10-5-4-6-11-18/h4-6,10-11,13-16,20,29H,3,7-9,12H2,1-2H3/b22-15-,27-25?/t16-,20+/m0/s1. The van der Waals surface area contributed by atoms with Crippen LogP contribution in [-0.4, -0.2) is 33.7 Å². The van der Waals surface area contributed by atoms with Crippen LogP contribution in [0.15, 0.2) is 52.4 Å². The van der Waals surface area contributed by atoms with Crippen molar-refractivity contribution in [3.63, 3.8) is 0 Å². The van der Waals surface area contributed by atoms with Gasteiger partial charge in [0, 0.05) is 6.04 Å². The van der Waals surface area contributed by atoms with Gasteiger partial charge in [-0.2, -0.15) is 0 Å². The maximum absolute atomic E-state index is 13.6. The smallest absolute Gasteiger partial charge is 0.267 e. The highest BCUT2D eigenvalue weighted by atomic mass is 35.5. The third kappa shape index (κ3) is 4.81. The first-order chi connectivity index (χ1) is 15.5. The van der Waals surface area contributed by atoms with Crippen molar-refractivity contribution in [2.24, 2.45) is 10.9 Å². The number of rotatable bonds is 5. The number of halogens is 1. The Kier molecular flexibility index (Phi) is 7.11. The number of carbonyl (C=O) groups is 1. The molecule has 0 unspecified atom stereocenters. The number of aliphatic imine (C=N–C) groups is 1. The zero-order valence-electron chi connectivity index (χ0n) is 18.3. The quantitative estimate of drug-likeness (QED) is 0.498. The normalized spacial score (nSPS) is 23.8. The lowest BCUT2D eigenvalue weighted by molar-refractivity contribution is -0.124. The minimum absolute atomic E-state index is 0.0365. The van der Waals surface area contributed by atoms with Gasteiger partial charge >= 0.3 is 0 Å². The molecular formula is C25H27ClN2O3S. The van der Waals surface area contributed by atoms with E-state index in [1.54, 1.807) is 18.2 Å². The number of para-hydroxylation sites is 1. The second-order valence-electron chi connectivity index (χ2n) is 8.13. The molecule has 5 nitrogen and oxygen atoms in total. The monoisotopic (exact) mass is 470 g/mol. The van der Waals surface area contributed by atoms with E-state index in [1.807, 2.05) is 42.2 Å². The summed E-state index contributed by atoms with van der Waals surface area (Å²) in [5.74, 6) is 0.593. The summed E-state index contributed by atoms with van der Waals surface area (Å²) in [6.45, 7) is 4.46. The topological polar surface area (TPSA) is 62.1 Å². The van der Waals surface area contributed by atoms with Gasteiger partial charge in [-0.15, -0.1) is 0 Å². The van der Waals surface area contributed by atoms with Crippen LogP contribution in [0, 0.1) is 5.92 Å². The summed E-state index contributed by atoms with van der Waals surface area (Å²) in [7, 11) is 0. The molecule has 1 saturated heterocycles. The fourth-order valence-electron chi connectivity index (χ4n) is 4.24. The molecule has 0 spiro atoms. The molecule has 0 radical (unpaired) electrons. The molecule has 4 rings (SSSR count). The van der Waals surface area contributed by atoms with Gasteiger partial charge in [0.05, 0.1) is 22.2 Å². The minimum atomic E-state index is -0.0925. The predicted molar refractivity (Wildman–Crippen MR) is 132 cm³/mol. The Bertz CT molecular complexity index is 1050. The number of carbonyl (C=O) groups excluding carboxylic acids is 1. The molecule has 2 aliphatic rings. The van der Waals surface area contributed by atoms with Gasteiger partial charge in [0.25, 0.3) is 5.91 Å². The Hall–Kier alpha value is -2.44. The first-order valence-corrected chi connectivity index (χ1v) is 12.2. The van der Waals surface area contributed by atoms with E-state index in [2.05, 4.69) is 6.92 Å². The summed E-state index contributed by atoms with van der Waals surface area (Å²) in [6, 6.07) is 13.2. The second kappa shape index (κ2) is 10.0. The molecule has 1 heterocycles. The highest BCUT2D eigenvalue weighted by Crippen LogP contribution is 2.41. The molecule has 2 atom stereocenters. The fourth-order valence-corrected chi connectivity index (χ4v) is 5.51. The first kappa shape index (κ1) is 22.7. The van der Waals surface area contributed by atoms with Gasteiger partial charge in [-0.25, -0.2) is 4.99 Å². The van der Waals surface area contributed by atoms with Gasteiger partial charge in [0.2, 0.25) is 0 Å². The van der Waals surface area contributed by atoms with Crippen molar-refractivity contribution in [2.75, 3.05) is 6.61 Å². The molecule has 1 saturated carbocycles. The Morgan fingerprint density at radius 1 is 1.25 bits per heavy atom. The Morgan fingerprint density at radius 3 is 2.72 bits per heavy atom. The number of phenolic OH excluding ortho intramolecular Hbond substituents is 1. The molecule has 168 valence electrons. The summed E-state index contributed by atoms with van der Waals surface area (Å²) >= 11 is 7.58. The SMILES string of the molecule is CCOc1cc(/C=C2\SC(=Nc3ccccc3)N([C@@H]3CCCC[C@@H]3C)C2=O)cc(Cl)c1O. The lowest BCUT2D eigenvalue weighted by Crippen LogP contribution is -2.44. The van der Waals surface area contributed by atoms with Crippen LogP contribution in [0.3, 0.4) is 0 Å². The number of ether oxygens (including phenoxy) is 1. The van der Waals surface area contributed by atoms with Crippen LogP contribution in [0.4, 0.5) is 5.69 Å². The van der Waals surface area contributed by atoms with Crippen LogP contribution in [0.5, 0.6) is 11.5 Å². The molecule has 2 fully saturated rings. The summed E-state index contributed by atoms with van der Waals surface area (Å²) < 4.78 is 5.49. The van der Waals surface area contributed by atoms with Crippen molar-refractivity contribution in [3.05, 3.63) is 58.0 Å². The highest BCUT2D eigenvalue weighted by molar-refractivity contribution is 8.18. The molecule has 32 heavy (non-hydrogen) atoms. The van der Waals surface area contributed by atoms with Crippen molar-refractivity contribution in [1.29, 1.82) is 0 Å². The number of aromatic hydroxyl groups is 1. The van der Waals surface area contributed by atoms with Crippen LogP contribution in [0.25, 0.3) is 6.08 Å². The van der Waals surface area contributed by atoms with Crippen LogP contribution in [-0.2, 0) is 4.79 Å². The number of amidine groups is 1. The molecule has 1 aliphatic carbocycles. The third-order valence-corrected chi connectivity index (χ3v) is 7.14. The molecule has 0 bridgehead atoms. The summed E-state index contributed by atoms with van der Waals surface area (Å²) in [6.07, 6.45) is 6.21. The highest BCUT2D eigenvalue weighted by Gasteiger charge is 2.41. The number of hydrogen-bond donors (Lipinski definition) is 1. The van der Waals surface area contributed by atoms with Crippen LogP contribution in [0.2, 0.25) is 5.02 Å². The van der Waals surface area contributed by atoms with E-state index in [4.69, 9.17) is 21.3 Å². The van der Waals surface area contributed by atoms with E-state index in [0.717, 1.165) is 24.9 Å². The summed E-state index contributed by atoms with van der Waals surface area (Å²) in [5, 5.41) is 11.0. The van der Waals surface area contributed by atoms with E-state index in [0.29, 0.717) is 33.9 Å². The van der Waals surface area contributed by atoms with Crippen molar-refractivity contribution in [1.82, 2.24) is 4.90 Å². The minimum Gasteiger partial charge on any atom is -0.503 e. The molecule has 7 heteroatoms. The molecule has 0 aromatic heterocycles. The Balaban J connectivity index is 1.73. The fraction of sp³-hybridized carbons (Fsp3) is 0.360. The van der Waals surface area contributed by atoms with Crippen LogP contribution in [0.1, 0.15) is 45.1 Å². The first-order valence-electron chi connectivity index (χ1n) is 11.0. The van der Waals surface area contributed by atoms with E-state index < -0.39 is 0 Å². The zero-order valence-corrected chi connectivity index (χ0v) is 19.8. The summed E-state index contributed by atoms with van der Waals surface area (Å²) in [4.78, 5) is 20.9. The van der Waals surface area contributed by atoms with Crippen molar-refractivity contribution >= 4 is 46.2 Å². The van der Waals surface area contributed by atoms with Crippen molar-refractivity contribution in [2.45, 2.75) is 45.6 Å². The van der Waals surface area contributed by atoms with Gasteiger partial charge < -0.3 is 9.84 Å². The Morgan fingerprint density at radius 2 is 2.00 bits per heavy atom. The number of phenols is 1. The molecule has 2 aromatic carbocycles. The largest absolute Gasteiger partial charge is 0.503 e. The average molecular weight is 471 g/mol. The van der Waals surface area contributed by atoms with Gasteiger partial charge in [-0.05, 0) is 73.4 Å². The lowest BCUT2D eigenvalue weighted by Gasteiger charge is -2.35. The van der Waals surface area contributed by atoms with E-state index in [1.165, 1.54) is 18.2 Å². The lowest BCUT2D eigenvalue weighted by atomic mass is 9.85. The Labute approximate surface area is 198 Å². The average Bonchev–Trinajstić information content (AvgIpc) is 3.07. The second-order valence-corrected chi connectivity index (χ2v) is 9.54. The number of nitrogens with zero attached hydrogens (tertiary/aromatic N) is 2. The van der Waals surface area contributed by atoms with Crippen LogP contribution < -0.4 is 4.74 Å². The number of hydrogen-bond acceptors (Lipinski definition) is 5. The van der Waals surface area contributed by atoms with Crippen molar-refractivity contribution in [3.8, 4) is 11.5 Å². The number of amides is 1. The van der Waals surface area contributed by atoms with Gasteiger partial charge in [0.15, 0.2) is 16.7 Å². The van der Waals surface area contributed by atoms with Crippen molar-refractivity contribution < 1.29 is 14.6 Å². The number of benzene rings is 2. The maximum Gasteiger partial charge on any atom is 0.267 e. The molecular weight excluding hydrogens is 444 g/mol. The number of thioether (sulfide) groups is 1.